The molecule has 0 unspecified atom stereocenters. The van der Waals surface area contributed by atoms with E-state index in [0.717, 1.165) is 11.5 Å². The van der Waals surface area contributed by atoms with Gasteiger partial charge in [-0.2, -0.15) is 0 Å². The van der Waals surface area contributed by atoms with Crippen molar-refractivity contribution in [2.75, 3.05) is 4.90 Å². The third-order valence-corrected chi connectivity index (χ3v) is 6.34. The molecular weight excluding hydrogens is 486 g/mol. The van der Waals surface area contributed by atoms with Crippen molar-refractivity contribution in [1.82, 2.24) is 20.1 Å². The van der Waals surface area contributed by atoms with Crippen LogP contribution in [-0.4, -0.2) is 31.7 Å². The number of nitrogens with zero attached hydrogens (tertiary/aromatic N) is 4. The number of rotatable bonds is 5. The quantitative estimate of drug-likeness (QED) is 0.242. The average molecular weight is 504 g/mol. The smallest absolute Gasteiger partial charge is 0.270 e. The fourth-order valence-electron chi connectivity index (χ4n) is 3.47. The van der Waals surface area contributed by atoms with Gasteiger partial charge in [-0.1, -0.05) is 27.8 Å². The lowest BCUT2D eigenvalue weighted by Crippen LogP contribution is -2.54. The molecular formula is C24H17N5O4S2. The fraction of sp³-hybridized carbons (Fsp3) is 0.0833. The number of hydrogen-bond donors (Lipinski definition) is 1. The highest BCUT2D eigenvalue weighted by Crippen LogP contribution is 2.33. The van der Waals surface area contributed by atoms with Crippen molar-refractivity contribution in [2.45, 2.75) is 13.8 Å². The Balaban J connectivity index is 1.46. The van der Waals surface area contributed by atoms with Gasteiger partial charge >= 0.3 is 0 Å². The topological polar surface area (TPSA) is 110 Å². The fourth-order valence-corrected chi connectivity index (χ4v) is 4.40. The van der Waals surface area contributed by atoms with Gasteiger partial charge in [0.05, 0.1) is 17.1 Å². The molecule has 2 amide bonds. The molecule has 35 heavy (non-hydrogen) atoms. The monoisotopic (exact) mass is 503 g/mol. The van der Waals surface area contributed by atoms with Crippen LogP contribution in [0.3, 0.4) is 0 Å². The first-order valence-electron chi connectivity index (χ1n) is 10.4. The van der Waals surface area contributed by atoms with Gasteiger partial charge in [-0.15, -0.1) is 5.10 Å². The maximum atomic E-state index is 13.4. The molecule has 0 bridgehead atoms. The number of thiocarbonyl (C=S) groups is 1. The van der Waals surface area contributed by atoms with E-state index in [9.17, 15) is 9.59 Å². The highest BCUT2D eigenvalue weighted by Gasteiger charge is 2.35. The van der Waals surface area contributed by atoms with Crippen LogP contribution in [-0.2, 0) is 9.59 Å². The zero-order chi connectivity index (χ0) is 24.5. The maximum Gasteiger partial charge on any atom is 0.270 e. The first kappa shape index (κ1) is 22.6. The van der Waals surface area contributed by atoms with Crippen molar-refractivity contribution >= 4 is 52.4 Å². The largest absolute Gasteiger partial charge is 0.457 e. The molecule has 3 heterocycles. The third kappa shape index (κ3) is 4.34. The van der Waals surface area contributed by atoms with Gasteiger partial charge in [-0.25, -0.2) is 0 Å². The number of aryl methyl sites for hydroxylation is 2. The number of ether oxygens (including phenoxy) is 1. The minimum Gasteiger partial charge on any atom is -0.457 e. The lowest BCUT2D eigenvalue weighted by atomic mass is 10.0. The summed E-state index contributed by atoms with van der Waals surface area (Å²) in [6, 6.07) is 16.2. The van der Waals surface area contributed by atoms with Crippen LogP contribution in [0.1, 0.15) is 17.0 Å². The van der Waals surface area contributed by atoms with Crippen LogP contribution in [0.15, 0.2) is 64.7 Å². The summed E-state index contributed by atoms with van der Waals surface area (Å²) in [4.78, 5) is 28.1. The summed E-state index contributed by atoms with van der Waals surface area (Å²) in [5.74, 6) is 0.499. The Bertz CT molecular complexity index is 1480. The van der Waals surface area contributed by atoms with Crippen molar-refractivity contribution in [3.8, 4) is 22.1 Å². The van der Waals surface area contributed by atoms with E-state index in [1.165, 1.54) is 11.0 Å². The minimum atomic E-state index is -0.606. The Kier molecular flexibility index (Phi) is 5.93. The maximum absolute atomic E-state index is 13.4. The highest BCUT2D eigenvalue weighted by molar-refractivity contribution is 7.80. The van der Waals surface area contributed by atoms with E-state index in [-0.39, 0.29) is 10.7 Å². The average Bonchev–Trinajstić information content (AvgIpc) is 3.43. The Labute approximate surface area is 209 Å². The lowest BCUT2D eigenvalue weighted by molar-refractivity contribution is -0.122. The molecule has 1 saturated heterocycles. The van der Waals surface area contributed by atoms with Gasteiger partial charge in [0, 0.05) is 5.56 Å². The Morgan fingerprint density at radius 1 is 1.03 bits per heavy atom. The number of carbonyl (C=O) groups excluding carboxylic acids is 2. The first-order valence-corrected chi connectivity index (χ1v) is 11.6. The second-order valence-electron chi connectivity index (χ2n) is 7.57. The number of nitrogens with one attached hydrogen (secondary N) is 1. The molecule has 1 aliphatic heterocycles. The normalized spacial score (nSPS) is 15.0. The first-order chi connectivity index (χ1) is 16.9. The van der Waals surface area contributed by atoms with Gasteiger partial charge in [-0.3, -0.25) is 19.8 Å². The van der Waals surface area contributed by atoms with Crippen molar-refractivity contribution in [3.63, 3.8) is 0 Å². The summed E-state index contributed by atoms with van der Waals surface area (Å²) in [6.45, 7) is 3.51. The van der Waals surface area contributed by atoms with Gasteiger partial charge in [0.1, 0.15) is 21.9 Å². The van der Waals surface area contributed by atoms with Crippen LogP contribution >= 0.6 is 23.8 Å². The third-order valence-electron chi connectivity index (χ3n) is 5.23. The molecule has 0 aliphatic carbocycles. The van der Waals surface area contributed by atoms with Crippen LogP contribution in [0.2, 0.25) is 0 Å². The zero-order valence-corrected chi connectivity index (χ0v) is 20.1. The van der Waals surface area contributed by atoms with Crippen LogP contribution in [0.25, 0.3) is 16.7 Å². The van der Waals surface area contributed by atoms with Crippen LogP contribution in [0, 0.1) is 13.8 Å². The molecule has 1 N–H and O–H groups in total. The van der Waals surface area contributed by atoms with E-state index in [1.807, 2.05) is 30.3 Å². The standard InChI is InChI=1S/C24H17N5O4S2/c1-13-18(20(33-27-13)21-14(2)26-28-35-21)12-19-22(30)25-24(34)29(23(19)31)15-8-10-17(11-9-15)32-16-6-4-3-5-7-16/h3-12H,1-2H3,(H,25,30,34)/b19-12+. The van der Waals surface area contributed by atoms with Crippen molar-refractivity contribution < 1.29 is 18.8 Å². The summed E-state index contributed by atoms with van der Waals surface area (Å²) >= 11 is 6.45. The molecule has 4 aromatic rings. The van der Waals surface area contributed by atoms with E-state index < -0.39 is 11.8 Å². The van der Waals surface area contributed by atoms with Gasteiger partial charge in [0.2, 0.25) is 0 Å². The van der Waals surface area contributed by atoms with Gasteiger partial charge in [-0.05, 0) is 80.1 Å². The molecule has 0 saturated carbocycles. The Morgan fingerprint density at radius 2 is 1.74 bits per heavy atom. The number of aromatic nitrogens is 3. The van der Waals surface area contributed by atoms with Crippen molar-refractivity contribution in [1.29, 1.82) is 0 Å². The Morgan fingerprint density at radius 3 is 2.43 bits per heavy atom. The number of hydrogen-bond acceptors (Lipinski definition) is 9. The summed E-state index contributed by atoms with van der Waals surface area (Å²) in [7, 11) is 0. The zero-order valence-electron chi connectivity index (χ0n) is 18.5. The van der Waals surface area contributed by atoms with Gasteiger partial charge < -0.3 is 9.26 Å². The molecule has 2 aromatic carbocycles. The second-order valence-corrected chi connectivity index (χ2v) is 8.71. The van der Waals surface area contributed by atoms with Crippen LogP contribution < -0.4 is 15.0 Å². The molecule has 5 rings (SSSR count). The summed E-state index contributed by atoms with van der Waals surface area (Å²) in [6.07, 6.45) is 1.46. The number of para-hydroxylation sites is 1. The van der Waals surface area contributed by atoms with Crippen molar-refractivity contribution in [2.24, 2.45) is 0 Å². The predicted molar refractivity (Wildman–Crippen MR) is 134 cm³/mol. The number of carbonyl (C=O) groups is 2. The van der Waals surface area contributed by atoms with Crippen molar-refractivity contribution in [3.05, 3.63) is 77.1 Å². The molecule has 9 nitrogen and oxygen atoms in total. The number of amides is 2. The Hall–Kier alpha value is -4.22. The van der Waals surface area contributed by atoms with E-state index >= 15 is 0 Å². The summed E-state index contributed by atoms with van der Waals surface area (Å²) in [5, 5.41) is 10.6. The molecule has 1 aliphatic rings. The van der Waals surface area contributed by atoms with E-state index in [1.54, 1.807) is 38.1 Å². The second kappa shape index (κ2) is 9.20. The number of benzene rings is 2. The molecule has 0 radical (unpaired) electrons. The SMILES string of the molecule is Cc1nnsc1-c1onc(C)c1/C=C1\C(=O)NC(=S)N(c2ccc(Oc3ccccc3)cc2)C1=O. The van der Waals surface area contributed by atoms with Crippen LogP contribution in [0.4, 0.5) is 5.69 Å². The molecule has 0 atom stereocenters. The van der Waals surface area contributed by atoms with Gasteiger partial charge in [0.15, 0.2) is 10.9 Å². The lowest BCUT2D eigenvalue weighted by Gasteiger charge is -2.29. The van der Waals surface area contributed by atoms with E-state index in [0.29, 0.717) is 44.8 Å². The minimum absolute atomic E-state index is 0.0151. The van der Waals surface area contributed by atoms with Gasteiger partial charge in [0.25, 0.3) is 11.8 Å². The molecule has 2 aromatic heterocycles. The molecule has 0 spiro atoms. The predicted octanol–water partition coefficient (Wildman–Crippen LogP) is 4.43. The molecule has 11 heteroatoms. The molecule has 1 fully saturated rings. The summed E-state index contributed by atoms with van der Waals surface area (Å²) in [5.41, 5.74) is 2.05. The van der Waals surface area contributed by atoms with E-state index in [4.69, 9.17) is 21.5 Å². The summed E-state index contributed by atoms with van der Waals surface area (Å²) < 4.78 is 15.2. The highest BCUT2D eigenvalue weighted by atomic mass is 32.1. The van der Waals surface area contributed by atoms with E-state index in [2.05, 4.69) is 20.1 Å². The number of anilines is 1. The molecule has 174 valence electrons. The van der Waals surface area contributed by atoms with Crippen LogP contribution in [0.5, 0.6) is 11.5 Å².